The first-order valence-corrected chi connectivity index (χ1v) is 8.49. The highest BCUT2D eigenvalue weighted by Crippen LogP contribution is 2.34. The van der Waals surface area contributed by atoms with E-state index in [9.17, 15) is 19.5 Å². The Hall–Kier alpha value is -2.68. The van der Waals surface area contributed by atoms with E-state index < -0.39 is 17.8 Å². The molecule has 0 atom stereocenters. The van der Waals surface area contributed by atoms with Crippen molar-refractivity contribution in [1.82, 2.24) is 9.78 Å². The van der Waals surface area contributed by atoms with Crippen LogP contribution in [-0.2, 0) is 18.2 Å². The molecule has 2 aromatic heterocycles. The second kappa shape index (κ2) is 7.47. The lowest BCUT2D eigenvalue weighted by molar-refractivity contribution is 0.0526. The monoisotopic (exact) mass is 365 g/mol. The number of hydrogen-bond donors (Lipinski definition) is 2. The summed E-state index contributed by atoms with van der Waals surface area (Å²) in [5.74, 6) is -2.41. The van der Waals surface area contributed by atoms with Gasteiger partial charge in [-0.15, -0.1) is 11.3 Å². The molecule has 0 spiro atoms. The van der Waals surface area contributed by atoms with E-state index in [1.165, 1.54) is 23.1 Å². The SMILES string of the molecule is CCOC(=O)c1c(NC(=O)c2c(C(=O)O)cnn2C)sc(C)c1CC. The molecule has 0 saturated carbocycles. The standard InChI is InChI=1S/C16H19N3O5S/c1-5-9-8(3)25-14(11(9)16(23)24-6-2)18-13(20)12-10(15(21)22)7-17-19(12)4/h7H,5-6H2,1-4H3,(H,18,20)(H,21,22). The van der Waals surface area contributed by atoms with Crippen LogP contribution in [0.15, 0.2) is 6.20 Å². The summed E-state index contributed by atoms with van der Waals surface area (Å²) in [6.45, 7) is 5.69. The van der Waals surface area contributed by atoms with Crippen molar-refractivity contribution in [2.45, 2.75) is 27.2 Å². The van der Waals surface area contributed by atoms with Crippen molar-refractivity contribution in [3.63, 3.8) is 0 Å². The highest BCUT2D eigenvalue weighted by Gasteiger charge is 2.27. The molecule has 2 heterocycles. The van der Waals surface area contributed by atoms with Crippen LogP contribution in [0.25, 0.3) is 0 Å². The molecule has 0 saturated heterocycles. The van der Waals surface area contributed by atoms with Gasteiger partial charge in [-0.05, 0) is 25.8 Å². The second-order valence-electron chi connectivity index (χ2n) is 5.20. The minimum absolute atomic E-state index is 0.0913. The summed E-state index contributed by atoms with van der Waals surface area (Å²) >= 11 is 1.26. The van der Waals surface area contributed by atoms with E-state index >= 15 is 0 Å². The number of aromatic nitrogens is 2. The van der Waals surface area contributed by atoms with E-state index in [2.05, 4.69) is 10.4 Å². The minimum atomic E-state index is -1.25. The molecule has 2 rings (SSSR count). The van der Waals surface area contributed by atoms with Crippen molar-refractivity contribution in [2.75, 3.05) is 11.9 Å². The number of carboxylic acids is 1. The number of esters is 1. The fourth-order valence-electron chi connectivity index (χ4n) is 2.54. The number of carboxylic acid groups (broad SMARTS) is 1. The van der Waals surface area contributed by atoms with Crippen molar-refractivity contribution in [2.24, 2.45) is 7.05 Å². The molecule has 9 heteroatoms. The molecular weight excluding hydrogens is 346 g/mol. The molecular formula is C16H19N3O5S. The molecule has 2 aromatic rings. The van der Waals surface area contributed by atoms with Gasteiger partial charge in [0.2, 0.25) is 0 Å². The molecule has 0 aliphatic rings. The Morgan fingerprint density at radius 1 is 1.36 bits per heavy atom. The Morgan fingerprint density at radius 2 is 2.04 bits per heavy atom. The Morgan fingerprint density at radius 3 is 2.60 bits per heavy atom. The largest absolute Gasteiger partial charge is 0.478 e. The third-order valence-corrected chi connectivity index (χ3v) is 4.72. The normalized spacial score (nSPS) is 10.6. The van der Waals surface area contributed by atoms with Crippen molar-refractivity contribution in [3.05, 3.63) is 33.5 Å². The van der Waals surface area contributed by atoms with Crippen molar-refractivity contribution < 1.29 is 24.2 Å². The lowest BCUT2D eigenvalue weighted by Gasteiger charge is -2.08. The minimum Gasteiger partial charge on any atom is -0.478 e. The van der Waals surface area contributed by atoms with E-state index in [1.54, 1.807) is 6.92 Å². The third kappa shape index (κ3) is 3.55. The predicted molar refractivity (Wildman–Crippen MR) is 92.5 cm³/mol. The summed E-state index contributed by atoms with van der Waals surface area (Å²) in [5, 5.41) is 16.0. The van der Waals surface area contributed by atoms with Crippen LogP contribution in [0.3, 0.4) is 0 Å². The number of carbonyl (C=O) groups excluding carboxylic acids is 2. The van der Waals surface area contributed by atoms with Gasteiger partial charge in [0.05, 0.1) is 18.4 Å². The van der Waals surface area contributed by atoms with Crippen LogP contribution in [0.2, 0.25) is 0 Å². The van der Waals surface area contributed by atoms with Crippen molar-refractivity contribution in [1.29, 1.82) is 0 Å². The van der Waals surface area contributed by atoms with Gasteiger partial charge in [0.15, 0.2) is 0 Å². The van der Waals surface area contributed by atoms with Gasteiger partial charge >= 0.3 is 11.9 Å². The summed E-state index contributed by atoms with van der Waals surface area (Å²) in [6, 6.07) is 0. The molecule has 0 bridgehead atoms. The lowest BCUT2D eigenvalue weighted by atomic mass is 10.1. The van der Waals surface area contributed by atoms with Crippen molar-refractivity contribution in [3.8, 4) is 0 Å². The average Bonchev–Trinajstić information content (AvgIpc) is 3.07. The Balaban J connectivity index is 2.44. The molecule has 0 aliphatic carbocycles. The van der Waals surface area contributed by atoms with Gasteiger partial charge < -0.3 is 15.2 Å². The summed E-state index contributed by atoms with van der Waals surface area (Å²) in [4.78, 5) is 37.0. The van der Waals surface area contributed by atoms with Crippen LogP contribution in [0, 0.1) is 6.92 Å². The molecule has 0 unspecified atom stereocenters. The summed E-state index contributed by atoms with van der Waals surface area (Å²) < 4.78 is 6.27. The number of carbonyl (C=O) groups is 3. The number of anilines is 1. The number of aromatic carboxylic acids is 1. The fraction of sp³-hybridized carbons (Fsp3) is 0.375. The number of nitrogens with zero attached hydrogens (tertiary/aromatic N) is 2. The Labute approximate surface area is 148 Å². The highest BCUT2D eigenvalue weighted by molar-refractivity contribution is 7.16. The quantitative estimate of drug-likeness (QED) is 0.761. The van der Waals surface area contributed by atoms with Crippen LogP contribution < -0.4 is 5.32 Å². The Bertz CT molecular complexity index is 837. The van der Waals surface area contributed by atoms with E-state index in [0.29, 0.717) is 17.0 Å². The number of nitrogens with one attached hydrogen (secondary N) is 1. The molecule has 0 aromatic carbocycles. The highest BCUT2D eigenvalue weighted by atomic mass is 32.1. The van der Waals surface area contributed by atoms with Crippen LogP contribution >= 0.6 is 11.3 Å². The van der Waals surface area contributed by atoms with Crippen LogP contribution in [0.5, 0.6) is 0 Å². The molecule has 0 radical (unpaired) electrons. The lowest BCUT2D eigenvalue weighted by Crippen LogP contribution is -2.20. The molecule has 8 nitrogen and oxygen atoms in total. The summed E-state index contributed by atoms with van der Waals surface area (Å²) in [7, 11) is 1.48. The topological polar surface area (TPSA) is 111 Å². The molecule has 134 valence electrons. The van der Waals surface area contributed by atoms with E-state index in [1.807, 2.05) is 13.8 Å². The van der Waals surface area contributed by atoms with Gasteiger partial charge in [0.1, 0.15) is 16.3 Å². The predicted octanol–water partition coefficient (Wildman–Crippen LogP) is 2.48. The van der Waals surface area contributed by atoms with Gasteiger partial charge in [-0.3, -0.25) is 9.48 Å². The molecule has 2 N–H and O–H groups in total. The second-order valence-corrected chi connectivity index (χ2v) is 6.43. The Kier molecular flexibility index (Phi) is 5.58. The first kappa shape index (κ1) is 18.7. The van der Waals surface area contributed by atoms with E-state index in [0.717, 1.165) is 16.6 Å². The molecule has 0 aliphatic heterocycles. The summed E-state index contributed by atoms with van der Waals surface area (Å²) in [6.07, 6.45) is 1.72. The third-order valence-electron chi connectivity index (χ3n) is 3.65. The van der Waals surface area contributed by atoms with Crippen LogP contribution in [-0.4, -0.2) is 39.3 Å². The smallest absolute Gasteiger partial charge is 0.341 e. The van der Waals surface area contributed by atoms with Gasteiger partial charge in [0.25, 0.3) is 5.91 Å². The van der Waals surface area contributed by atoms with Gasteiger partial charge in [-0.1, -0.05) is 6.92 Å². The molecule has 1 amide bonds. The zero-order valence-corrected chi connectivity index (χ0v) is 15.2. The van der Waals surface area contributed by atoms with E-state index in [4.69, 9.17) is 4.74 Å². The number of rotatable bonds is 6. The average molecular weight is 365 g/mol. The van der Waals surface area contributed by atoms with Gasteiger partial charge in [-0.2, -0.15) is 5.10 Å². The molecule has 0 fully saturated rings. The van der Waals surface area contributed by atoms with Crippen LogP contribution in [0.1, 0.15) is 55.5 Å². The first-order valence-electron chi connectivity index (χ1n) is 7.67. The van der Waals surface area contributed by atoms with Gasteiger partial charge in [-0.25, -0.2) is 9.59 Å². The zero-order valence-electron chi connectivity index (χ0n) is 14.4. The number of thiophene rings is 1. The van der Waals surface area contributed by atoms with E-state index in [-0.39, 0.29) is 17.9 Å². The first-order chi connectivity index (χ1) is 11.8. The number of ether oxygens (including phenoxy) is 1. The molecule has 25 heavy (non-hydrogen) atoms. The van der Waals surface area contributed by atoms with Crippen molar-refractivity contribution >= 4 is 34.2 Å². The maximum absolute atomic E-state index is 12.6. The van der Waals surface area contributed by atoms with Gasteiger partial charge in [0, 0.05) is 11.9 Å². The maximum Gasteiger partial charge on any atom is 0.341 e. The maximum atomic E-state index is 12.6. The summed E-state index contributed by atoms with van der Waals surface area (Å²) in [5.41, 5.74) is 0.828. The number of amides is 1. The number of aryl methyl sites for hydroxylation is 2. The van der Waals surface area contributed by atoms with Crippen LogP contribution in [0.4, 0.5) is 5.00 Å². The zero-order chi connectivity index (χ0) is 18.7. The fourth-order valence-corrected chi connectivity index (χ4v) is 3.67. The number of hydrogen-bond acceptors (Lipinski definition) is 6.